The van der Waals surface area contributed by atoms with Gasteiger partial charge in [0.1, 0.15) is 0 Å². The molecule has 6 heteroatoms. The molecule has 0 radical (unpaired) electrons. The van der Waals surface area contributed by atoms with E-state index in [1.807, 2.05) is 61.5 Å². The molecule has 1 atom stereocenters. The maximum absolute atomic E-state index is 13.0. The van der Waals surface area contributed by atoms with Crippen LogP contribution in [0.5, 0.6) is 0 Å². The zero-order valence-electron chi connectivity index (χ0n) is 19.7. The van der Waals surface area contributed by atoms with Gasteiger partial charge < -0.3 is 19.5 Å². The number of carbonyl (C=O) groups excluding carboxylic acids is 2. The minimum Gasteiger partial charge on any atom is -0.490 e. The van der Waals surface area contributed by atoms with Crippen molar-refractivity contribution in [3.05, 3.63) is 88.9 Å². The van der Waals surface area contributed by atoms with Crippen molar-refractivity contribution in [2.45, 2.75) is 32.9 Å². The molecule has 0 fully saturated rings. The molecule has 0 spiro atoms. The number of amides is 1. The second-order valence-electron chi connectivity index (χ2n) is 7.79. The summed E-state index contributed by atoms with van der Waals surface area (Å²) in [5.74, 6) is 4.55. The number of hydrogen-bond acceptors (Lipinski definition) is 5. The summed E-state index contributed by atoms with van der Waals surface area (Å²) in [5, 5.41) is 10.8. The molecule has 0 aliphatic heterocycles. The second-order valence-corrected chi connectivity index (χ2v) is 7.79. The topological polar surface area (TPSA) is 76.1 Å². The molecule has 1 N–H and O–H groups in total. The Morgan fingerprint density at radius 2 is 1.74 bits per heavy atom. The van der Waals surface area contributed by atoms with E-state index in [1.54, 1.807) is 24.8 Å². The van der Waals surface area contributed by atoms with Gasteiger partial charge in [0.25, 0.3) is 11.4 Å². The Hall–Kier alpha value is -3.82. The van der Waals surface area contributed by atoms with Gasteiger partial charge in [0, 0.05) is 12.6 Å². The van der Waals surface area contributed by atoms with Crippen molar-refractivity contribution in [1.82, 2.24) is 4.90 Å². The highest BCUT2D eigenvalue weighted by atomic mass is 16.5. The lowest BCUT2D eigenvalue weighted by Crippen LogP contribution is -2.51. The van der Waals surface area contributed by atoms with E-state index in [2.05, 4.69) is 11.8 Å². The molecule has 0 bridgehead atoms. The third kappa shape index (κ3) is 5.75. The Bertz CT molecular complexity index is 1140. The van der Waals surface area contributed by atoms with Gasteiger partial charge in [-0.05, 0) is 43.9 Å². The molecule has 2 aromatic carbocycles. The summed E-state index contributed by atoms with van der Waals surface area (Å²) in [5.41, 5.74) is 0.933. The molecule has 0 heterocycles. The van der Waals surface area contributed by atoms with Crippen LogP contribution in [0.3, 0.4) is 0 Å². The first-order valence-corrected chi connectivity index (χ1v) is 11.2. The van der Waals surface area contributed by atoms with Gasteiger partial charge in [0.05, 0.1) is 19.8 Å². The fraction of sp³-hybridized carbons (Fsp3) is 0.286. The molecule has 6 nitrogen and oxygen atoms in total. The fourth-order valence-corrected chi connectivity index (χ4v) is 3.40. The predicted molar refractivity (Wildman–Crippen MR) is 130 cm³/mol. The van der Waals surface area contributed by atoms with Gasteiger partial charge in [-0.25, -0.2) is 0 Å². The van der Waals surface area contributed by atoms with Gasteiger partial charge >= 0.3 is 0 Å². The summed E-state index contributed by atoms with van der Waals surface area (Å²) in [4.78, 5) is 27.0. The van der Waals surface area contributed by atoms with E-state index in [9.17, 15) is 14.7 Å². The van der Waals surface area contributed by atoms with Crippen molar-refractivity contribution >= 4 is 17.8 Å². The number of ether oxygens (including phenoxy) is 2. The van der Waals surface area contributed by atoms with Crippen LogP contribution < -0.4 is 0 Å². The highest BCUT2D eigenvalue weighted by molar-refractivity contribution is 6.12. The average Bonchev–Trinajstić information content (AvgIpc) is 2.85. The summed E-state index contributed by atoms with van der Waals surface area (Å²) in [6, 6.07) is 17.4. The van der Waals surface area contributed by atoms with Gasteiger partial charge in [0.15, 0.2) is 5.76 Å². The number of rotatable bonds is 9. The van der Waals surface area contributed by atoms with Crippen molar-refractivity contribution in [3.63, 3.8) is 0 Å². The van der Waals surface area contributed by atoms with E-state index in [0.29, 0.717) is 6.54 Å². The van der Waals surface area contributed by atoms with Gasteiger partial charge in [-0.2, -0.15) is 0 Å². The van der Waals surface area contributed by atoms with Gasteiger partial charge in [-0.15, -0.1) is 0 Å². The molecule has 176 valence electrons. The van der Waals surface area contributed by atoms with E-state index in [0.717, 1.165) is 16.7 Å². The standard InChI is InChI=1S/C28H29NO5/c1-4-33-25-26(31)28(32,27(25)34-5-2)18-9-19-29(20-23-10-7-6-8-11-23)24(30)17-16-22-14-12-21(3)13-15-22/h6-8,10-17,32H,4-5,19-20H2,1-3H3/b17-16+. The minimum atomic E-state index is -2.06. The summed E-state index contributed by atoms with van der Waals surface area (Å²) in [6.07, 6.45) is 3.25. The maximum Gasteiger partial charge on any atom is 0.254 e. The monoisotopic (exact) mass is 459 g/mol. The lowest BCUT2D eigenvalue weighted by Gasteiger charge is -2.34. The minimum absolute atomic E-state index is 0.000556. The number of aryl methyl sites for hydroxylation is 1. The Morgan fingerprint density at radius 1 is 1.06 bits per heavy atom. The Labute approximate surface area is 200 Å². The van der Waals surface area contributed by atoms with Crippen LogP contribution in [0.1, 0.15) is 30.5 Å². The molecule has 3 rings (SSSR count). The number of carbonyl (C=O) groups is 2. The van der Waals surface area contributed by atoms with Crippen LogP contribution in [0.15, 0.2) is 72.2 Å². The van der Waals surface area contributed by atoms with E-state index in [1.165, 1.54) is 6.08 Å². The largest absolute Gasteiger partial charge is 0.490 e. The Morgan fingerprint density at radius 3 is 2.38 bits per heavy atom. The van der Waals surface area contributed by atoms with Crippen molar-refractivity contribution in [2.24, 2.45) is 0 Å². The summed E-state index contributed by atoms with van der Waals surface area (Å²) in [6.45, 7) is 6.36. The third-order valence-corrected chi connectivity index (χ3v) is 5.21. The highest BCUT2D eigenvalue weighted by Gasteiger charge is 2.56. The van der Waals surface area contributed by atoms with E-state index in [4.69, 9.17) is 9.47 Å². The van der Waals surface area contributed by atoms with Crippen LogP contribution >= 0.6 is 0 Å². The molecule has 1 aliphatic carbocycles. The molecule has 0 aromatic heterocycles. The number of hydrogen-bond donors (Lipinski definition) is 1. The smallest absolute Gasteiger partial charge is 0.254 e. The van der Waals surface area contributed by atoms with Crippen molar-refractivity contribution in [1.29, 1.82) is 0 Å². The number of ketones is 1. The summed E-state index contributed by atoms with van der Waals surface area (Å²) in [7, 11) is 0. The number of Topliss-reactive ketones (excluding diaryl/α,β-unsaturated/α-hetero) is 1. The Balaban J connectivity index is 1.80. The quantitative estimate of drug-likeness (QED) is 0.458. The molecule has 1 aliphatic rings. The van der Waals surface area contributed by atoms with Crippen LogP contribution in [-0.4, -0.2) is 47.1 Å². The van der Waals surface area contributed by atoms with Gasteiger partial charge in [-0.3, -0.25) is 9.59 Å². The molecule has 1 unspecified atom stereocenters. The molecule has 34 heavy (non-hydrogen) atoms. The lowest BCUT2D eigenvalue weighted by molar-refractivity contribution is -0.140. The van der Waals surface area contributed by atoms with Crippen LogP contribution in [0, 0.1) is 18.8 Å². The van der Waals surface area contributed by atoms with Crippen molar-refractivity contribution < 1.29 is 24.2 Å². The molecular formula is C28H29NO5. The maximum atomic E-state index is 13.0. The normalized spacial score (nSPS) is 17.1. The van der Waals surface area contributed by atoms with E-state index in [-0.39, 0.29) is 37.2 Å². The number of nitrogens with zero attached hydrogens (tertiary/aromatic N) is 1. The SMILES string of the molecule is CCOC1=C(OCC)C(O)(C#CCN(Cc2ccccc2)C(=O)/C=C/c2ccc(C)cc2)C1=O. The summed E-state index contributed by atoms with van der Waals surface area (Å²) < 4.78 is 10.7. The Kier molecular flexibility index (Phi) is 8.29. The van der Waals surface area contributed by atoms with Crippen molar-refractivity contribution in [2.75, 3.05) is 19.8 Å². The summed E-state index contributed by atoms with van der Waals surface area (Å²) >= 11 is 0. The lowest BCUT2D eigenvalue weighted by atomic mass is 9.83. The predicted octanol–water partition coefficient (Wildman–Crippen LogP) is 3.64. The van der Waals surface area contributed by atoms with E-state index >= 15 is 0 Å². The molecule has 0 saturated heterocycles. The first-order valence-electron chi connectivity index (χ1n) is 11.2. The van der Waals surface area contributed by atoms with Crippen LogP contribution in [0.4, 0.5) is 0 Å². The van der Waals surface area contributed by atoms with Crippen LogP contribution in [-0.2, 0) is 25.6 Å². The average molecular weight is 460 g/mol. The molecule has 1 amide bonds. The van der Waals surface area contributed by atoms with Crippen LogP contribution in [0.2, 0.25) is 0 Å². The second kappa shape index (κ2) is 11.4. The van der Waals surface area contributed by atoms with Crippen LogP contribution in [0.25, 0.3) is 6.08 Å². The fourth-order valence-electron chi connectivity index (χ4n) is 3.40. The number of benzene rings is 2. The zero-order chi connectivity index (χ0) is 24.6. The van der Waals surface area contributed by atoms with E-state index < -0.39 is 11.4 Å². The molecular weight excluding hydrogens is 430 g/mol. The first-order chi connectivity index (χ1) is 16.4. The van der Waals surface area contributed by atoms with Gasteiger partial charge in [-0.1, -0.05) is 66.1 Å². The zero-order valence-corrected chi connectivity index (χ0v) is 19.7. The third-order valence-electron chi connectivity index (χ3n) is 5.21. The molecule has 0 saturated carbocycles. The molecule has 2 aromatic rings. The number of aliphatic hydroxyl groups is 1. The van der Waals surface area contributed by atoms with Gasteiger partial charge in [0.2, 0.25) is 11.7 Å². The highest BCUT2D eigenvalue weighted by Crippen LogP contribution is 2.36. The first kappa shape index (κ1) is 24.8. The van der Waals surface area contributed by atoms with Crippen molar-refractivity contribution in [3.8, 4) is 11.8 Å².